The quantitative estimate of drug-likeness (QED) is 0.133. The lowest BCUT2D eigenvalue weighted by atomic mass is 10.1. The highest BCUT2D eigenvalue weighted by atomic mass is 35.5. The minimum absolute atomic E-state index is 0.179. The Morgan fingerprint density at radius 3 is 2.39 bits per heavy atom. The lowest BCUT2D eigenvalue weighted by Crippen LogP contribution is -2.18. The normalized spacial score (nSPS) is 11.0. The van der Waals surface area contributed by atoms with Gasteiger partial charge in [0, 0.05) is 15.6 Å². The van der Waals surface area contributed by atoms with E-state index in [4.69, 9.17) is 37.4 Å². The van der Waals surface area contributed by atoms with Crippen molar-refractivity contribution in [2.75, 3.05) is 7.11 Å². The summed E-state index contributed by atoms with van der Waals surface area (Å²) in [4.78, 5) is 12.9. The molecule has 41 heavy (non-hydrogen) atoms. The summed E-state index contributed by atoms with van der Waals surface area (Å²) < 4.78 is 17.5. The van der Waals surface area contributed by atoms with Crippen LogP contribution in [0.4, 0.5) is 0 Å². The topological polar surface area (TPSA) is 69.2 Å². The summed E-state index contributed by atoms with van der Waals surface area (Å²) in [5.74, 6) is 1.15. The largest absolute Gasteiger partial charge is 0.493 e. The Kier molecular flexibility index (Phi) is 9.04. The number of hydrazone groups is 1. The molecule has 0 fully saturated rings. The Morgan fingerprint density at radius 1 is 0.780 bits per heavy atom. The zero-order valence-electron chi connectivity index (χ0n) is 22.1. The number of halogens is 2. The van der Waals surface area contributed by atoms with E-state index in [0.29, 0.717) is 39.5 Å². The zero-order chi connectivity index (χ0) is 28.6. The highest BCUT2D eigenvalue weighted by molar-refractivity contribution is 6.35. The first-order valence-electron chi connectivity index (χ1n) is 12.8. The highest BCUT2D eigenvalue weighted by Crippen LogP contribution is 2.30. The number of nitrogens with zero attached hydrogens (tertiary/aromatic N) is 1. The molecule has 5 aromatic carbocycles. The van der Waals surface area contributed by atoms with Crippen LogP contribution in [0.5, 0.6) is 17.2 Å². The van der Waals surface area contributed by atoms with E-state index < -0.39 is 5.91 Å². The molecule has 0 aliphatic rings. The molecule has 206 valence electrons. The van der Waals surface area contributed by atoms with Crippen molar-refractivity contribution in [3.05, 3.63) is 135 Å². The maximum Gasteiger partial charge on any atom is 0.275 e. The Bertz CT molecular complexity index is 1720. The molecule has 0 spiro atoms. The smallest absolute Gasteiger partial charge is 0.275 e. The average molecular weight is 585 g/mol. The number of hydrogen-bond acceptors (Lipinski definition) is 5. The van der Waals surface area contributed by atoms with E-state index in [-0.39, 0.29) is 6.61 Å². The molecule has 0 unspecified atom stereocenters. The first-order chi connectivity index (χ1) is 20.0. The Morgan fingerprint density at radius 2 is 1.54 bits per heavy atom. The number of benzene rings is 5. The summed E-state index contributed by atoms with van der Waals surface area (Å²) in [6, 6.07) is 31.9. The van der Waals surface area contributed by atoms with Crippen molar-refractivity contribution in [2.24, 2.45) is 5.10 Å². The SMILES string of the molecule is COc1cc(/C=N/NC(=O)c2ccccc2OCc2ccc(Cl)cc2Cl)ccc1OCc1cccc2ccccc12. The van der Waals surface area contributed by atoms with Crippen LogP contribution in [0.3, 0.4) is 0 Å². The number of methoxy groups -OCH3 is 1. The maximum absolute atomic E-state index is 12.9. The molecule has 5 rings (SSSR count). The number of ether oxygens (including phenoxy) is 3. The number of nitrogens with one attached hydrogen (secondary N) is 1. The van der Waals surface area contributed by atoms with Gasteiger partial charge in [-0.2, -0.15) is 5.10 Å². The van der Waals surface area contributed by atoms with E-state index in [2.05, 4.69) is 34.8 Å². The van der Waals surface area contributed by atoms with Gasteiger partial charge in [0.2, 0.25) is 0 Å². The molecule has 1 amide bonds. The van der Waals surface area contributed by atoms with Gasteiger partial charge in [-0.1, -0.05) is 83.9 Å². The number of fused-ring (bicyclic) bond motifs is 1. The summed E-state index contributed by atoms with van der Waals surface area (Å²) in [7, 11) is 1.58. The predicted molar refractivity (Wildman–Crippen MR) is 164 cm³/mol. The summed E-state index contributed by atoms with van der Waals surface area (Å²) in [6.45, 7) is 0.575. The molecule has 0 saturated heterocycles. The van der Waals surface area contributed by atoms with Crippen LogP contribution < -0.4 is 19.6 Å². The van der Waals surface area contributed by atoms with Gasteiger partial charge in [0.25, 0.3) is 5.91 Å². The number of para-hydroxylation sites is 1. The van der Waals surface area contributed by atoms with E-state index in [1.165, 1.54) is 6.21 Å². The second-order valence-corrected chi connectivity index (χ2v) is 9.90. The van der Waals surface area contributed by atoms with Crippen LogP contribution >= 0.6 is 23.2 Å². The molecule has 0 heterocycles. The van der Waals surface area contributed by atoms with Crippen LogP contribution in [0.2, 0.25) is 10.0 Å². The minimum Gasteiger partial charge on any atom is -0.493 e. The van der Waals surface area contributed by atoms with Gasteiger partial charge in [-0.3, -0.25) is 4.79 Å². The lowest BCUT2D eigenvalue weighted by Gasteiger charge is -2.13. The number of amides is 1. The molecule has 0 aromatic heterocycles. The number of carbonyl (C=O) groups excluding carboxylic acids is 1. The Labute approximate surface area is 248 Å². The Balaban J connectivity index is 1.22. The fraction of sp³-hybridized carbons (Fsp3) is 0.0909. The van der Waals surface area contributed by atoms with E-state index in [1.807, 2.05) is 30.3 Å². The lowest BCUT2D eigenvalue weighted by molar-refractivity contribution is 0.0950. The second kappa shape index (κ2) is 13.2. The van der Waals surface area contributed by atoms with E-state index in [0.717, 1.165) is 27.5 Å². The summed E-state index contributed by atoms with van der Waals surface area (Å²) in [6.07, 6.45) is 1.53. The summed E-state index contributed by atoms with van der Waals surface area (Å²) in [5.41, 5.74) is 5.45. The molecular weight excluding hydrogens is 559 g/mol. The third-order valence-electron chi connectivity index (χ3n) is 6.36. The van der Waals surface area contributed by atoms with Crippen LogP contribution in [0.25, 0.3) is 10.8 Å². The third kappa shape index (κ3) is 6.98. The second-order valence-electron chi connectivity index (χ2n) is 9.06. The average Bonchev–Trinajstić information content (AvgIpc) is 3.00. The molecule has 0 radical (unpaired) electrons. The fourth-order valence-corrected chi connectivity index (χ4v) is 4.72. The van der Waals surface area contributed by atoms with E-state index >= 15 is 0 Å². The standard InChI is InChI=1S/C33H26Cl2N2O4/c1-39-32-17-22(13-16-31(32)41-20-24-9-6-8-23-7-2-3-10-27(23)24)19-36-37-33(38)28-11-4-5-12-30(28)40-21-25-14-15-26(34)18-29(25)35/h2-19H,20-21H2,1H3,(H,37,38)/b36-19+. The van der Waals surface area contributed by atoms with Gasteiger partial charge in [0.1, 0.15) is 19.0 Å². The van der Waals surface area contributed by atoms with Crippen molar-refractivity contribution in [1.29, 1.82) is 0 Å². The number of rotatable bonds is 10. The molecule has 5 aromatic rings. The van der Waals surface area contributed by atoms with Gasteiger partial charge >= 0.3 is 0 Å². The van der Waals surface area contributed by atoms with Crippen molar-refractivity contribution >= 4 is 46.1 Å². The molecule has 0 aliphatic carbocycles. The van der Waals surface area contributed by atoms with Crippen molar-refractivity contribution in [2.45, 2.75) is 13.2 Å². The van der Waals surface area contributed by atoms with Gasteiger partial charge < -0.3 is 14.2 Å². The maximum atomic E-state index is 12.9. The van der Waals surface area contributed by atoms with Crippen molar-refractivity contribution in [3.63, 3.8) is 0 Å². The molecule has 0 aliphatic heterocycles. The molecular formula is C33H26Cl2N2O4. The zero-order valence-corrected chi connectivity index (χ0v) is 23.7. The van der Waals surface area contributed by atoms with Crippen LogP contribution in [0, 0.1) is 0 Å². The van der Waals surface area contributed by atoms with E-state index in [9.17, 15) is 4.79 Å². The first kappa shape index (κ1) is 28.0. The molecule has 1 N–H and O–H groups in total. The van der Waals surface area contributed by atoms with Crippen LogP contribution in [-0.2, 0) is 13.2 Å². The summed E-state index contributed by atoms with van der Waals surface area (Å²) >= 11 is 12.2. The predicted octanol–water partition coefficient (Wildman–Crippen LogP) is 8.08. The molecule has 0 bridgehead atoms. The van der Waals surface area contributed by atoms with Gasteiger partial charge in [0.15, 0.2) is 11.5 Å². The Hall–Kier alpha value is -4.52. The fourth-order valence-electron chi connectivity index (χ4n) is 4.26. The molecule has 0 atom stereocenters. The van der Waals surface area contributed by atoms with Crippen molar-refractivity contribution < 1.29 is 19.0 Å². The van der Waals surface area contributed by atoms with Gasteiger partial charge in [-0.15, -0.1) is 0 Å². The van der Waals surface area contributed by atoms with Crippen LogP contribution in [0.1, 0.15) is 27.0 Å². The van der Waals surface area contributed by atoms with Gasteiger partial charge in [-0.05, 0) is 64.4 Å². The first-order valence-corrected chi connectivity index (χ1v) is 13.5. The number of carbonyl (C=O) groups is 1. The van der Waals surface area contributed by atoms with Crippen LogP contribution in [0.15, 0.2) is 108 Å². The molecule has 6 nitrogen and oxygen atoms in total. The van der Waals surface area contributed by atoms with Crippen molar-refractivity contribution in [3.8, 4) is 17.2 Å². The van der Waals surface area contributed by atoms with Gasteiger partial charge in [0.05, 0.1) is 18.9 Å². The summed E-state index contributed by atoms with van der Waals surface area (Å²) in [5, 5.41) is 7.46. The number of hydrogen-bond donors (Lipinski definition) is 1. The monoisotopic (exact) mass is 584 g/mol. The van der Waals surface area contributed by atoms with E-state index in [1.54, 1.807) is 55.6 Å². The van der Waals surface area contributed by atoms with Gasteiger partial charge in [-0.25, -0.2) is 5.43 Å². The third-order valence-corrected chi connectivity index (χ3v) is 6.95. The molecule has 8 heteroatoms. The van der Waals surface area contributed by atoms with Crippen LogP contribution in [-0.4, -0.2) is 19.2 Å². The van der Waals surface area contributed by atoms with Crippen molar-refractivity contribution in [1.82, 2.24) is 5.43 Å². The highest BCUT2D eigenvalue weighted by Gasteiger charge is 2.13. The minimum atomic E-state index is -0.416. The molecule has 0 saturated carbocycles.